The molecule has 1 heterocycles. The number of nitrogens with one attached hydrogen (secondary N) is 1. The molecule has 1 aliphatic rings. The second-order valence-corrected chi connectivity index (χ2v) is 10.2. The predicted molar refractivity (Wildman–Crippen MR) is 127 cm³/mol. The first kappa shape index (κ1) is 25.8. The van der Waals surface area contributed by atoms with Gasteiger partial charge < -0.3 is 10.4 Å². The first-order chi connectivity index (χ1) is 14.5. The van der Waals surface area contributed by atoms with Gasteiger partial charge in [0.15, 0.2) is 5.60 Å². The highest BCUT2D eigenvalue weighted by Gasteiger charge is 2.55. The molecule has 5 nitrogen and oxygen atoms in total. The quantitative estimate of drug-likeness (QED) is 0.518. The molecule has 0 aromatic heterocycles. The lowest BCUT2D eigenvalue weighted by molar-refractivity contribution is -0.348. The number of nitrogens with zero attached hydrogens (tertiary/aromatic N) is 1. The van der Waals surface area contributed by atoms with Crippen LogP contribution in [0.15, 0.2) is 30.3 Å². The Labute approximate surface area is 189 Å². The number of aliphatic hydroxyl groups is 1. The van der Waals surface area contributed by atoms with E-state index in [-0.39, 0.29) is 29.0 Å². The first-order valence-corrected chi connectivity index (χ1v) is 12.0. The molecule has 31 heavy (non-hydrogen) atoms. The molecule has 1 aliphatic heterocycles. The van der Waals surface area contributed by atoms with E-state index in [9.17, 15) is 9.90 Å². The highest BCUT2D eigenvalue weighted by Crippen LogP contribution is 2.46. The van der Waals surface area contributed by atoms with Gasteiger partial charge in [0, 0.05) is 23.5 Å². The summed E-state index contributed by atoms with van der Waals surface area (Å²) in [5, 5.41) is 15.8. The molecule has 2 rings (SSSR count). The van der Waals surface area contributed by atoms with Crippen molar-refractivity contribution in [1.82, 2.24) is 10.4 Å². The molecule has 1 fully saturated rings. The molecule has 1 amide bonds. The van der Waals surface area contributed by atoms with Gasteiger partial charge >= 0.3 is 0 Å². The van der Waals surface area contributed by atoms with Crippen LogP contribution in [-0.2, 0) is 16.1 Å². The molecule has 0 saturated carbocycles. The standard InChI is InChI=1S/C26H44N2O3/c1-8-25(6)19-22(29)20(3)26(7,9-2)28(25)31-24(4,5)23(30)27-18-14-13-17-21-15-11-10-12-16-21/h10-12,15-16,20,22,29H,8-9,13-14,17-19H2,1-7H3,(H,27,30). The summed E-state index contributed by atoms with van der Waals surface area (Å²) in [6.45, 7) is 14.9. The van der Waals surface area contributed by atoms with Crippen LogP contribution in [0.3, 0.4) is 0 Å². The second-order valence-electron chi connectivity index (χ2n) is 10.2. The largest absolute Gasteiger partial charge is 0.393 e. The van der Waals surface area contributed by atoms with Crippen molar-refractivity contribution in [3.63, 3.8) is 0 Å². The summed E-state index contributed by atoms with van der Waals surface area (Å²) in [5.41, 5.74) is -0.343. The summed E-state index contributed by atoms with van der Waals surface area (Å²) in [5.74, 6) is -0.0446. The van der Waals surface area contributed by atoms with Crippen LogP contribution in [-0.4, -0.2) is 45.4 Å². The smallest absolute Gasteiger partial charge is 0.253 e. The molecular formula is C26H44N2O3. The third-order valence-corrected chi connectivity index (χ3v) is 7.53. The molecule has 5 heteroatoms. The Morgan fingerprint density at radius 3 is 2.42 bits per heavy atom. The number of aryl methyl sites for hydroxylation is 1. The Bertz CT molecular complexity index is 708. The maximum atomic E-state index is 13.0. The van der Waals surface area contributed by atoms with Gasteiger partial charge in [-0.15, -0.1) is 0 Å². The highest BCUT2D eigenvalue weighted by molar-refractivity contribution is 5.84. The number of rotatable bonds is 10. The zero-order valence-corrected chi connectivity index (χ0v) is 20.7. The summed E-state index contributed by atoms with van der Waals surface area (Å²) < 4.78 is 0. The van der Waals surface area contributed by atoms with Crippen LogP contribution in [0.4, 0.5) is 0 Å². The Morgan fingerprint density at radius 1 is 1.19 bits per heavy atom. The van der Waals surface area contributed by atoms with Crippen LogP contribution in [0, 0.1) is 5.92 Å². The van der Waals surface area contributed by atoms with Gasteiger partial charge in [-0.25, -0.2) is 0 Å². The van der Waals surface area contributed by atoms with Crippen molar-refractivity contribution in [2.24, 2.45) is 5.92 Å². The Hall–Kier alpha value is -1.43. The van der Waals surface area contributed by atoms with E-state index in [0.717, 1.165) is 32.1 Å². The minimum atomic E-state index is -0.992. The lowest BCUT2D eigenvalue weighted by Gasteiger charge is -2.59. The minimum absolute atomic E-state index is 0.0500. The van der Waals surface area contributed by atoms with E-state index in [1.54, 1.807) is 0 Å². The summed E-state index contributed by atoms with van der Waals surface area (Å²) in [4.78, 5) is 19.5. The average Bonchev–Trinajstić information content (AvgIpc) is 2.75. The van der Waals surface area contributed by atoms with Gasteiger partial charge in [-0.1, -0.05) is 51.1 Å². The van der Waals surface area contributed by atoms with Crippen LogP contribution in [0.25, 0.3) is 0 Å². The SMILES string of the molecule is CCC1(C)CC(O)C(C)C(C)(CC)N1OC(C)(C)C(=O)NCCCCc1ccccc1. The van der Waals surface area contributed by atoms with E-state index in [1.807, 2.05) is 25.0 Å². The minimum Gasteiger partial charge on any atom is -0.393 e. The van der Waals surface area contributed by atoms with Crippen LogP contribution >= 0.6 is 0 Å². The van der Waals surface area contributed by atoms with Crippen LogP contribution in [0.5, 0.6) is 0 Å². The van der Waals surface area contributed by atoms with E-state index in [1.165, 1.54) is 5.56 Å². The predicted octanol–water partition coefficient (Wildman–Crippen LogP) is 4.88. The maximum absolute atomic E-state index is 13.0. The van der Waals surface area contributed by atoms with E-state index in [0.29, 0.717) is 13.0 Å². The lowest BCUT2D eigenvalue weighted by Crippen LogP contribution is -2.69. The van der Waals surface area contributed by atoms with E-state index < -0.39 is 5.60 Å². The number of benzene rings is 1. The molecule has 4 unspecified atom stereocenters. The van der Waals surface area contributed by atoms with E-state index in [2.05, 4.69) is 64.2 Å². The third kappa shape index (κ3) is 5.88. The van der Waals surface area contributed by atoms with Crippen molar-refractivity contribution in [2.75, 3.05) is 6.54 Å². The van der Waals surface area contributed by atoms with Crippen molar-refractivity contribution in [1.29, 1.82) is 0 Å². The second kappa shape index (κ2) is 10.5. The molecule has 4 atom stereocenters. The summed E-state index contributed by atoms with van der Waals surface area (Å²) in [6.07, 6.45) is 4.92. The van der Waals surface area contributed by atoms with Gasteiger partial charge in [-0.05, 0) is 71.8 Å². The van der Waals surface area contributed by atoms with Crippen molar-refractivity contribution in [3.8, 4) is 0 Å². The molecule has 0 aliphatic carbocycles. The van der Waals surface area contributed by atoms with E-state index >= 15 is 0 Å². The molecule has 0 bridgehead atoms. The van der Waals surface area contributed by atoms with Gasteiger partial charge in [0.2, 0.25) is 0 Å². The Balaban J connectivity index is 1.98. The van der Waals surface area contributed by atoms with Gasteiger partial charge in [0.05, 0.1) is 6.10 Å². The van der Waals surface area contributed by atoms with Gasteiger partial charge in [-0.3, -0.25) is 9.63 Å². The average molecular weight is 433 g/mol. The number of hydrogen-bond acceptors (Lipinski definition) is 4. The summed E-state index contributed by atoms with van der Waals surface area (Å²) in [7, 11) is 0. The number of carbonyl (C=O) groups excluding carboxylic acids is 1. The number of hydroxylamine groups is 2. The van der Waals surface area contributed by atoms with Crippen LogP contribution in [0.2, 0.25) is 0 Å². The topological polar surface area (TPSA) is 61.8 Å². The first-order valence-electron chi connectivity index (χ1n) is 12.0. The number of carbonyl (C=O) groups is 1. The molecule has 1 aromatic rings. The molecular weight excluding hydrogens is 388 g/mol. The fraction of sp³-hybridized carbons (Fsp3) is 0.731. The van der Waals surface area contributed by atoms with E-state index in [4.69, 9.17) is 4.84 Å². The van der Waals surface area contributed by atoms with Crippen LogP contribution in [0.1, 0.15) is 86.1 Å². The fourth-order valence-electron chi connectivity index (χ4n) is 4.68. The fourth-order valence-corrected chi connectivity index (χ4v) is 4.68. The number of amides is 1. The summed E-state index contributed by atoms with van der Waals surface area (Å²) >= 11 is 0. The Morgan fingerprint density at radius 2 is 1.84 bits per heavy atom. The number of aliphatic hydroxyl groups excluding tert-OH is 1. The molecule has 176 valence electrons. The Kier molecular flexibility index (Phi) is 8.71. The number of unbranched alkanes of at least 4 members (excludes halogenated alkanes) is 1. The molecule has 0 radical (unpaired) electrons. The number of hydrogen-bond donors (Lipinski definition) is 2. The zero-order valence-electron chi connectivity index (χ0n) is 20.7. The maximum Gasteiger partial charge on any atom is 0.253 e. The monoisotopic (exact) mass is 432 g/mol. The van der Waals surface area contributed by atoms with Gasteiger partial charge in [0.25, 0.3) is 5.91 Å². The van der Waals surface area contributed by atoms with Crippen LogP contribution < -0.4 is 5.32 Å². The third-order valence-electron chi connectivity index (χ3n) is 7.53. The highest BCUT2D eigenvalue weighted by atomic mass is 16.7. The molecule has 1 aromatic carbocycles. The normalized spacial score (nSPS) is 29.7. The molecule has 0 spiro atoms. The molecule has 2 N–H and O–H groups in total. The van der Waals surface area contributed by atoms with Gasteiger partial charge in [0.1, 0.15) is 0 Å². The summed E-state index contributed by atoms with van der Waals surface area (Å²) in [6, 6.07) is 10.4. The van der Waals surface area contributed by atoms with Crippen molar-refractivity contribution in [2.45, 2.75) is 110 Å². The zero-order chi connectivity index (χ0) is 23.3. The number of piperidine rings is 1. The van der Waals surface area contributed by atoms with Crippen molar-refractivity contribution >= 4 is 5.91 Å². The van der Waals surface area contributed by atoms with Crippen molar-refractivity contribution < 1.29 is 14.7 Å². The molecule has 1 saturated heterocycles. The lowest BCUT2D eigenvalue weighted by atomic mass is 9.69. The van der Waals surface area contributed by atoms with Crippen molar-refractivity contribution in [3.05, 3.63) is 35.9 Å². The van der Waals surface area contributed by atoms with Gasteiger partial charge in [-0.2, -0.15) is 5.06 Å².